The summed E-state index contributed by atoms with van der Waals surface area (Å²) in [6.45, 7) is 1.27. The van der Waals surface area contributed by atoms with E-state index in [1.807, 2.05) is 6.92 Å². The molecule has 0 aromatic heterocycles. The Bertz CT molecular complexity index is 1480. The van der Waals surface area contributed by atoms with Gasteiger partial charge >= 0.3 is 0 Å². The predicted molar refractivity (Wildman–Crippen MR) is 169 cm³/mol. The third kappa shape index (κ3) is 7.98. The summed E-state index contributed by atoms with van der Waals surface area (Å²) >= 11 is 18.7. The van der Waals surface area contributed by atoms with Gasteiger partial charge < -0.3 is 10.2 Å². The molecule has 7 nitrogen and oxygen atoms in total. The van der Waals surface area contributed by atoms with Gasteiger partial charge in [0, 0.05) is 27.7 Å². The first-order chi connectivity index (χ1) is 20.1. The molecular weight excluding hydrogens is 617 g/mol. The van der Waals surface area contributed by atoms with E-state index in [9.17, 15) is 18.0 Å². The number of carbonyl (C=O) groups is 2. The fraction of sp³-hybridized carbons (Fsp3) is 0.355. The van der Waals surface area contributed by atoms with Crippen molar-refractivity contribution in [1.82, 2.24) is 10.2 Å². The number of nitrogens with one attached hydrogen (secondary N) is 1. The van der Waals surface area contributed by atoms with E-state index in [4.69, 9.17) is 34.8 Å². The number of halogens is 3. The van der Waals surface area contributed by atoms with Crippen LogP contribution >= 0.6 is 34.8 Å². The largest absolute Gasteiger partial charge is 0.352 e. The van der Waals surface area contributed by atoms with Crippen LogP contribution in [0.4, 0.5) is 5.69 Å². The maximum Gasteiger partial charge on any atom is 0.264 e. The zero-order valence-corrected chi connectivity index (χ0v) is 26.4. The van der Waals surface area contributed by atoms with E-state index < -0.39 is 28.5 Å². The number of sulfonamides is 1. The molecule has 0 radical (unpaired) electrons. The van der Waals surface area contributed by atoms with E-state index >= 15 is 0 Å². The van der Waals surface area contributed by atoms with Crippen LogP contribution in [0.25, 0.3) is 0 Å². The number of hydrogen-bond acceptors (Lipinski definition) is 4. The molecule has 2 amide bonds. The van der Waals surface area contributed by atoms with E-state index in [0.717, 1.165) is 36.4 Å². The highest BCUT2D eigenvalue weighted by Gasteiger charge is 2.34. The Labute approximate surface area is 262 Å². The van der Waals surface area contributed by atoms with Crippen LogP contribution in [0.5, 0.6) is 0 Å². The average Bonchev–Trinajstić information content (AvgIpc) is 2.98. The van der Waals surface area contributed by atoms with E-state index in [1.54, 1.807) is 60.7 Å². The lowest BCUT2D eigenvalue weighted by atomic mass is 9.95. The van der Waals surface area contributed by atoms with Gasteiger partial charge in [-0.3, -0.25) is 13.9 Å². The van der Waals surface area contributed by atoms with Crippen LogP contribution < -0.4 is 9.62 Å². The van der Waals surface area contributed by atoms with E-state index in [1.165, 1.54) is 17.0 Å². The average molecular weight is 651 g/mol. The smallest absolute Gasteiger partial charge is 0.264 e. The highest BCUT2D eigenvalue weighted by atomic mass is 35.5. The Morgan fingerprint density at radius 2 is 1.55 bits per heavy atom. The van der Waals surface area contributed by atoms with Gasteiger partial charge in [-0.1, -0.05) is 85.3 Å². The molecule has 1 saturated carbocycles. The Hall–Kier alpha value is -2.78. The monoisotopic (exact) mass is 649 g/mol. The van der Waals surface area contributed by atoms with Crippen molar-refractivity contribution < 1.29 is 18.0 Å². The van der Waals surface area contributed by atoms with Gasteiger partial charge in [-0.15, -0.1) is 0 Å². The quantitative estimate of drug-likeness (QED) is 0.240. The number of amides is 2. The Morgan fingerprint density at radius 1 is 0.905 bits per heavy atom. The molecule has 224 valence electrons. The fourth-order valence-electron chi connectivity index (χ4n) is 5.15. The molecule has 11 heteroatoms. The fourth-order valence-corrected chi connectivity index (χ4v) is 7.18. The van der Waals surface area contributed by atoms with Crippen molar-refractivity contribution in [2.24, 2.45) is 0 Å². The van der Waals surface area contributed by atoms with E-state index in [0.29, 0.717) is 27.1 Å². The minimum absolute atomic E-state index is 0.00866. The number of nitrogens with zero attached hydrogens (tertiary/aromatic N) is 2. The first-order valence-electron chi connectivity index (χ1n) is 14.0. The van der Waals surface area contributed by atoms with Crippen molar-refractivity contribution in [3.05, 3.63) is 93.4 Å². The summed E-state index contributed by atoms with van der Waals surface area (Å²) in [5, 5.41) is 4.33. The molecule has 1 atom stereocenters. The minimum atomic E-state index is -4.16. The number of anilines is 1. The van der Waals surface area contributed by atoms with Crippen molar-refractivity contribution in [3.8, 4) is 0 Å². The zero-order valence-electron chi connectivity index (χ0n) is 23.3. The minimum Gasteiger partial charge on any atom is -0.352 e. The van der Waals surface area contributed by atoms with Gasteiger partial charge in [-0.05, 0) is 73.4 Å². The molecule has 42 heavy (non-hydrogen) atoms. The standard InChI is InChI=1S/C31H34Cl3N3O4S/c1-2-29(31(39)35-25-9-5-3-6-10-25)36(20-22-13-14-24(33)19-28(22)34)30(38)21-37(26-17-15-23(32)16-18-26)42(40,41)27-11-7-4-8-12-27/h4,7-8,11-19,25,29H,2-3,5-6,9-10,20-21H2,1H3,(H,35,39)/t29-/m1/s1. The highest BCUT2D eigenvalue weighted by Crippen LogP contribution is 2.28. The second-order valence-corrected chi connectivity index (χ2v) is 13.5. The molecule has 1 aliphatic rings. The van der Waals surface area contributed by atoms with Crippen LogP contribution in [0, 0.1) is 0 Å². The molecule has 0 bridgehead atoms. The predicted octanol–water partition coefficient (Wildman–Crippen LogP) is 7.10. The van der Waals surface area contributed by atoms with Crippen LogP contribution in [0.15, 0.2) is 77.7 Å². The third-order valence-corrected chi connectivity index (χ3v) is 10.0. The summed E-state index contributed by atoms with van der Waals surface area (Å²) in [6.07, 6.45) is 5.31. The molecule has 1 fully saturated rings. The van der Waals surface area contributed by atoms with Crippen molar-refractivity contribution in [3.63, 3.8) is 0 Å². The summed E-state index contributed by atoms with van der Waals surface area (Å²) in [5.41, 5.74) is 0.850. The Balaban J connectivity index is 1.71. The van der Waals surface area contributed by atoms with Gasteiger partial charge in [0.25, 0.3) is 10.0 Å². The summed E-state index contributed by atoms with van der Waals surface area (Å²) in [7, 11) is -4.16. The SMILES string of the molecule is CC[C@H](C(=O)NC1CCCCC1)N(Cc1ccc(Cl)cc1Cl)C(=O)CN(c1ccc(Cl)cc1)S(=O)(=O)c1ccccc1. The Kier molecular flexibility index (Phi) is 11.2. The van der Waals surface area contributed by atoms with Crippen molar-refractivity contribution in [2.45, 2.75) is 69.0 Å². The molecular formula is C31H34Cl3N3O4S. The van der Waals surface area contributed by atoms with Crippen LogP contribution in [0.1, 0.15) is 51.0 Å². The second kappa shape index (κ2) is 14.6. The van der Waals surface area contributed by atoms with Gasteiger partial charge in [0.2, 0.25) is 11.8 Å². The van der Waals surface area contributed by atoms with Crippen LogP contribution in [0.2, 0.25) is 15.1 Å². The number of hydrogen-bond donors (Lipinski definition) is 1. The van der Waals surface area contributed by atoms with Gasteiger partial charge in [-0.25, -0.2) is 8.42 Å². The number of rotatable bonds is 11. The van der Waals surface area contributed by atoms with Gasteiger partial charge in [0.1, 0.15) is 12.6 Å². The molecule has 3 aromatic rings. The molecule has 0 aliphatic heterocycles. The first kappa shape index (κ1) is 32.1. The number of carbonyl (C=O) groups excluding carboxylic acids is 2. The summed E-state index contributed by atoms with van der Waals surface area (Å²) < 4.78 is 28.8. The first-order valence-corrected chi connectivity index (χ1v) is 16.5. The Morgan fingerprint density at radius 3 is 2.17 bits per heavy atom. The molecule has 4 rings (SSSR count). The lowest BCUT2D eigenvalue weighted by Gasteiger charge is -2.34. The molecule has 1 N–H and O–H groups in total. The normalized spacial score (nSPS) is 14.7. The van der Waals surface area contributed by atoms with Crippen LogP contribution in [0.3, 0.4) is 0 Å². The van der Waals surface area contributed by atoms with E-state index in [2.05, 4.69) is 5.32 Å². The van der Waals surface area contributed by atoms with Crippen molar-refractivity contribution >= 4 is 62.3 Å². The van der Waals surface area contributed by atoms with Crippen molar-refractivity contribution in [2.75, 3.05) is 10.8 Å². The molecule has 0 unspecified atom stereocenters. The molecule has 1 aliphatic carbocycles. The molecule has 0 heterocycles. The lowest BCUT2D eigenvalue weighted by molar-refractivity contribution is -0.140. The number of benzene rings is 3. The lowest BCUT2D eigenvalue weighted by Crippen LogP contribution is -2.54. The van der Waals surface area contributed by atoms with Crippen molar-refractivity contribution in [1.29, 1.82) is 0 Å². The topological polar surface area (TPSA) is 86.8 Å². The van der Waals surface area contributed by atoms with Gasteiger partial charge in [-0.2, -0.15) is 0 Å². The summed E-state index contributed by atoms with van der Waals surface area (Å²) in [5.74, 6) is -0.826. The maximum absolute atomic E-state index is 14.2. The molecule has 0 spiro atoms. The summed E-state index contributed by atoms with van der Waals surface area (Å²) in [4.78, 5) is 29.3. The van der Waals surface area contributed by atoms with Crippen LogP contribution in [-0.4, -0.2) is 43.8 Å². The highest BCUT2D eigenvalue weighted by molar-refractivity contribution is 7.92. The van der Waals surface area contributed by atoms with E-state index in [-0.39, 0.29) is 29.1 Å². The van der Waals surface area contributed by atoms with Gasteiger partial charge in [0.15, 0.2) is 0 Å². The molecule has 3 aromatic carbocycles. The van der Waals surface area contributed by atoms with Crippen LogP contribution in [-0.2, 0) is 26.2 Å². The molecule has 0 saturated heterocycles. The third-order valence-electron chi connectivity index (χ3n) is 7.42. The maximum atomic E-state index is 14.2. The van der Waals surface area contributed by atoms with Gasteiger partial charge in [0.05, 0.1) is 10.6 Å². The summed E-state index contributed by atoms with van der Waals surface area (Å²) in [6, 6.07) is 18.2. The second-order valence-electron chi connectivity index (χ2n) is 10.3. The zero-order chi connectivity index (χ0) is 30.3.